The van der Waals surface area contributed by atoms with E-state index in [1.54, 1.807) is 7.11 Å². The van der Waals surface area contributed by atoms with Crippen LogP contribution in [0.2, 0.25) is 0 Å². The maximum absolute atomic E-state index is 10.6. The number of hydrogen-bond donors (Lipinski definition) is 2. The van der Waals surface area contributed by atoms with Crippen LogP contribution in [-0.2, 0) is 14.1 Å². The van der Waals surface area contributed by atoms with Gasteiger partial charge in [-0.05, 0) is 90.0 Å². The number of ether oxygens (including phenoxy) is 2. The van der Waals surface area contributed by atoms with E-state index in [-0.39, 0.29) is 17.3 Å². The van der Waals surface area contributed by atoms with E-state index in [9.17, 15) is 13.2 Å². The van der Waals surface area contributed by atoms with Crippen molar-refractivity contribution in [1.29, 1.82) is 0 Å². The number of nitrogens with one attached hydrogen (secondary N) is 1. The minimum absolute atomic E-state index is 0.237. The number of rotatable bonds is 6. The third-order valence-corrected chi connectivity index (χ3v) is 7.76. The van der Waals surface area contributed by atoms with E-state index in [1.807, 2.05) is 18.2 Å². The maximum atomic E-state index is 10.6. The Morgan fingerprint density at radius 3 is 2.13 bits per heavy atom. The van der Waals surface area contributed by atoms with E-state index in [0.717, 1.165) is 48.8 Å². The molecule has 3 aliphatic heterocycles. The number of methoxy groups -OCH3 is 1. The molecule has 8 nitrogen and oxygen atoms in total. The van der Waals surface area contributed by atoms with E-state index in [0.29, 0.717) is 0 Å². The van der Waals surface area contributed by atoms with Gasteiger partial charge < -0.3 is 34.1 Å². The maximum Gasteiger partial charge on any atom is 0.494 e. The molecule has 3 saturated heterocycles. The molecule has 4 rings (SSSR count). The summed E-state index contributed by atoms with van der Waals surface area (Å²) in [7, 11) is 1.30. The first kappa shape index (κ1) is 30.5. The largest absolute Gasteiger partial charge is 0.494 e. The lowest BCUT2D eigenvalue weighted by Crippen LogP contribution is -2.42. The Labute approximate surface area is 223 Å². The zero-order chi connectivity index (χ0) is 28.1. The van der Waals surface area contributed by atoms with Crippen LogP contribution in [0, 0.1) is 5.92 Å². The van der Waals surface area contributed by atoms with Gasteiger partial charge in [0.2, 0.25) is 0 Å². The quantitative estimate of drug-likeness (QED) is 0.527. The second-order valence-corrected chi connectivity index (χ2v) is 11.1. The summed E-state index contributed by atoms with van der Waals surface area (Å²) in [4.78, 5) is 11.5. The fraction of sp³-hybridized carbons (Fsp3) is 0.731. The van der Waals surface area contributed by atoms with Crippen molar-refractivity contribution in [2.75, 3.05) is 39.8 Å². The number of alkyl halides is 3. The number of carboxylic acid groups (broad SMARTS) is 1. The third-order valence-electron chi connectivity index (χ3n) is 7.76. The minimum atomic E-state index is -5.08. The zero-order valence-corrected chi connectivity index (χ0v) is 22.9. The van der Waals surface area contributed by atoms with Crippen molar-refractivity contribution < 1.29 is 41.9 Å². The first-order valence-corrected chi connectivity index (χ1v) is 13.2. The summed E-state index contributed by atoms with van der Waals surface area (Å²) < 4.78 is 56.1. The number of piperidine rings is 2. The van der Waals surface area contributed by atoms with Gasteiger partial charge in [0.05, 0.1) is 18.3 Å². The van der Waals surface area contributed by atoms with Crippen molar-refractivity contribution in [3.63, 3.8) is 0 Å². The fourth-order valence-corrected chi connectivity index (χ4v) is 4.73. The molecule has 3 fully saturated rings. The summed E-state index contributed by atoms with van der Waals surface area (Å²) in [5, 5.41) is 10.6. The van der Waals surface area contributed by atoms with E-state index in [1.165, 1.54) is 32.5 Å². The molecule has 0 atom stereocenters. The average Bonchev–Trinajstić information content (AvgIpc) is 3.07. The molecule has 0 unspecified atom stereocenters. The van der Waals surface area contributed by atoms with Crippen molar-refractivity contribution in [2.45, 2.75) is 76.9 Å². The van der Waals surface area contributed by atoms with Crippen molar-refractivity contribution in [3.8, 4) is 11.5 Å². The topological polar surface area (TPSA) is 89.5 Å². The molecule has 12 heteroatoms. The Kier molecular flexibility index (Phi) is 10.00. The molecule has 1 aromatic rings. The number of hydrogen-bond acceptors (Lipinski definition) is 7. The van der Waals surface area contributed by atoms with Gasteiger partial charge in [0.25, 0.3) is 0 Å². The van der Waals surface area contributed by atoms with Crippen LogP contribution in [0.4, 0.5) is 13.2 Å². The lowest BCUT2D eigenvalue weighted by Gasteiger charge is -2.35. The van der Waals surface area contributed by atoms with Crippen molar-refractivity contribution >= 4 is 18.6 Å². The zero-order valence-electron chi connectivity index (χ0n) is 22.9. The molecule has 38 heavy (non-hydrogen) atoms. The smallest absolute Gasteiger partial charge is 0.493 e. The van der Waals surface area contributed by atoms with Gasteiger partial charge in [-0.15, -0.1) is 0 Å². The lowest BCUT2D eigenvalue weighted by atomic mass is 9.79. The fourth-order valence-electron chi connectivity index (χ4n) is 4.73. The van der Waals surface area contributed by atoms with Crippen LogP contribution in [0.5, 0.6) is 11.5 Å². The second-order valence-electron chi connectivity index (χ2n) is 11.1. The molecule has 3 aliphatic rings. The van der Waals surface area contributed by atoms with Crippen molar-refractivity contribution in [3.05, 3.63) is 18.2 Å². The van der Waals surface area contributed by atoms with Crippen molar-refractivity contribution in [1.82, 2.24) is 10.2 Å². The number of carbonyl (C=O) groups is 1. The molecular weight excluding hydrogens is 504 g/mol. The molecule has 0 radical (unpaired) electrons. The van der Waals surface area contributed by atoms with Gasteiger partial charge in [-0.3, -0.25) is 0 Å². The van der Waals surface area contributed by atoms with Gasteiger partial charge in [-0.1, -0.05) is 6.07 Å². The first-order chi connectivity index (χ1) is 17.7. The number of halogens is 3. The van der Waals surface area contributed by atoms with Gasteiger partial charge in [0.1, 0.15) is 6.10 Å². The lowest BCUT2D eigenvalue weighted by molar-refractivity contribution is -0.192. The Bertz CT molecular complexity index is 916. The monoisotopic (exact) mass is 544 g/mol. The highest BCUT2D eigenvalue weighted by Gasteiger charge is 2.51. The van der Waals surface area contributed by atoms with Gasteiger partial charge in [0, 0.05) is 19.6 Å². The Balaban J connectivity index is 0.000000505. The highest BCUT2D eigenvalue weighted by Crippen LogP contribution is 2.37. The molecular formula is C26H40BF3N2O6. The molecule has 0 aromatic heterocycles. The predicted octanol–water partition coefficient (Wildman–Crippen LogP) is 3.47. The molecule has 2 N–H and O–H groups in total. The van der Waals surface area contributed by atoms with E-state index < -0.39 is 19.3 Å². The Morgan fingerprint density at radius 1 is 1.08 bits per heavy atom. The first-order valence-electron chi connectivity index (χ1n) is 13.2. The standard InChI is InChI=1S/C24H39BN2O4.C2HF3O2/c1-23(2)24(3,4)31-25(30-23)19-6-7-21(22(16-19)28-5)29-20-10-14-27(15-11-20)17-18-8-12-26-13-9-18;3-2(4,5)1(6)7/h6-7,16,18,20,26H,8-15,17H2,1-5H3;(H,6,7). The van der Waals surface area contributed by atoms with E-state index in [2.05, 4.69) is 37.9 Å². The summed E-state index contributed by atoms with van der Waals surface area (Å²) in [5.41, 5.74) is 0.240. The number of aliphatic carboxylic acids is 1. The molecule has 214 valence electrons. The van der Waals surface area contributed by atoms with Crippen molar-refractivity contribution in [2.24, 2.45) is 5.92 Å². The molecule has 1 aromatic carbocycles. The molecule has 0 amide bonds. The van der Waals surface area contributed by atoms with Crippen LogP contribution in [-0.4, -0.2) is 86.4 Å². The van der Waals surface area contributed by atoms with E-state index >= 15 is 0 Å². The van der Waals surface area contributed by atoms with Gasteiger partial charge in [-0.25, -0.2) is 4.79 Å². The molecule has 0 saturated carbocycles. The van der Waals surface area contributed by atoms with Crippen LogP contribution in [0.25, 0.3) is 0 Å². The highest BCUT2D eigenvalue weighted by molar-refractivity contribution is 6.62. The molecule has 0 aliphatic carbocycles. The minimum Gasteiger partial charge on any atom is -0.493 e. The predicted molar refractivity (Wildman–Crippen MR) is 138 cm³/mol. The summed E-state index contributed by atoms with van der Waals surface area (Å²) >= 11 is 0. The van der Waals surface area contributed by atoms with Crippen LogP contribution in [0.1, 0.15) is 53.4 Å². The number of benzene rings is 1. The van der Waals surface area contributed by atoms with E-state index in [4.69, 9.17) is 28.7 Å². The average molecular weight is 544 g/mol. The Morgan fingerprint density at radius 2 is 1.63 bits per heavy atom. The molecule has 0 bridgehead atoms. The summed E-state index contributed by atoms with van der Waals surface area (Å²) in [6.45, 7) is 14.1. The van der Waals surface area contributed by atoms with Crippen LogP contribution in [0.15, 0.2) is 18.2 Å². The number of nitrogens with zero attached hydrogens (tertiary/aromatic N) is 1. The highest BCUT2D eigenvalue weighted by atomic mass is 19.4. The summed E-state index contributed by atoms with van der Waals surface area (Å²) in [6, 6.07) is 6.02. The second kappa shape index (κ2) is 12.4. The van der Waals surface area contributed by atoms with Crippen LogP contribution in [0.3, 0.4) is 0 Å². The third kappa shape index (κ3) is 8.00. The number of carboxylic acids is 1. The number of likely N-dealkylation sites (tertiary alicyclic amines) is 1. The summed E-state index contributed by atoms with van der Waals surface area (Å²) in [5.74, 6) is -0.363. The van der Waals surface area contributed by atoms with Gasteiger partial charge in [-0.2, -0.15) is 13.2 Å². The molecule has 0 spiro atoms. The van der Waals surface area contributed by atoms with Crippen LogP contribution >= 0.6 is 0 Å². The van der Waals surface area contributed by atoms with Gasteiger partial charge in [0.15, 0.2) is 11.5 Å². The normalized spacial score (nSPS) is 22.5. The van der Waals surface area contributed by atoms with Crippen LogP contribution < -0.4 is 20.3 Å². The summed E-state index contributed by atoms with van der Waals surface area (Å²) in [6.07, 6.45) is -0.105. The SMILES string of the molecule is COc1cc(B2OC(C)(C)C(C)(C)O2)ccc1OC1CCN(CC2CCNCC2)CC1.O=C(O)C(F)(F)F. The van der Waals surface area contributed by atoms with Gasteiger partial charge >= 0.3 is 19.3 Å². The Hall–Kier alpha value is -2.02. The molecule has 3 heterocycles.